The van der Waals surface area contributed by atoms with Gasteiger partial charge in [-0.3, -0.25) is 9.78 Å². The Morgan fingerprint density at radius 2 is 1.73 bits per heavy atom. The molecule has 0 aliphatic heterocycles. The number of ketones is 1. The summed E-state index contributed by atoms with van der Waals surface area (Å²) in [6.45, 7) is 10.2. The Balaban J connectivity index is 3.01. The van der Waals surface area contributed by atoms with Gasteiger partial charge in [0.25, 0.3) is 0 Å². The number of nitrogens with one attached hydrogen (secondary N) is 2. The van der Waals surface area contributed by atoms with Gasteiger partial charge in [0.05, 0.1) is 11.6 Å². The quantitative estimate of drug-likeness (QED) is 0.638. The predicted molar refractivity (Wildman–Crippen MR) is 81.2 cm³/mol. The van der Waals surface area contributed by atoms with E-state index in [1.165, 1.54) is 6.92 Å². The summed E-state index contributed by atoms with van der Waals surface area (Å²) < 4.78 is 5.15. The molecule has 1 rings (SSSR count). The molecular formula is C15H24N2O5. The van der Waals surface area contributed by atoms with Crippen molar-refractivity contribution in [3.63, 3.8) is 0 Å². The normalized spacial score (nSPS) is 13.0. The monoisotopic (exact) mass is 312 g/mol. The molecule has 0 spiro atoms. The third-order valence-corrected chi connectivity index (χ3v) is 3.07. The molecule has 7 nitrogen and oxygen atoms in total. The van der Waals surface area contributed by atoms with Crippen LogP contribution in [0.5, 0.6) is 11.8 Å². The van der Waals surface area contributed by atoms with Crippen LogP contribution in [0.2, 0.25) is 0 Å². The second-order valence-electron chi connectivity index (χ2n) is 6.55. The minimum absolute atomic E-state index is 0.0349. The number of rotatable bonds is 4. The number of ether oxygens (including phenoxy) is 1. The van der Waals surface area contributed by atoms with Gasteiger partial charge in [-0.2, -0.15) is 0 Å². The molecule has 1 aromatic heterocycles. The minimum atomic E-state index is -0.880. The average molecular weight is 312 g/mol. The van der Waals surface area contributed by atoms with Gasteiger partial charge in [-0.15, -0.1) is 0 Å². The van der Waals surface area contributed by atoms with Crippen LogP contribution in [-0.4, -0.2) is 38.7 Å². The number of carbonyl (C=O) groups excluding carboxylic acids is 2. The van der Waals surface area contributed by atoms with E-state index < -0.39 is 29.4 Å². The van der Waals surface area contributed by atoms with Crippen molar-refractivity contribution in [2.24, 2.45) is 5.92 Å². The van der Waals surface area contributed by atoms with Crippen LogP contribution in [0.1, 0.15) is 50.5 Å². The molecule has 7 heteroatoms. The van der Waals surface area contributed by atoms with Crippen LogP contribution in [0.15, 0.2) is 0 Å². The van der Waals surface area contributed by atoms with Crippen molar-refractivity contribution in [2.45, 2.75) is 53.2 Å². The summed E-state index contributed by atoms with van der Waals surface area (Å²) in [4.78, 5) is 26.7. The lowest BCUT2D eigenvalue weighted by atomic mass is 9.94. The first-order chi connectivity index (χ1) is 9.94. The molecule has 1 heterocycles. The van der Waals surface area contributed by atoms with Gasteiger partial charge in [0, 0.05) is 5.56 Å². The Bertz CT molecular complexity index is 569. The van der Waals surface area contributed by atoms with Gasteiger partial charge in [0.15, 0.2) is 11.7 Å². The molecule has 22 heavy (non-hydrogen) atoms. The fourth-order valence-corrected chi connectivity index (χ4v) is 1.99. The fraction of sp³-hybridized carbons (Fsp3) is 0.600. The van der Waals surface area contributed by atoms with Crippen molar-refractivity contribution >= 4 is 11.9 Å². The molecule has 1 amide bonds. The van der Waals surface area contributed by atoms with Crippen molar-refractivity contribution in [1.82, 2.24) is 10.3 Å². The van der Waals surface area contributed by atoms with Crippen molar-refractivity contribution < 1.29 is 24.5 Å². The first-order valence-electron chi connectivity index (χ1n) is 7.08. The summed E-state index contributed by atoms with van der Waals surface area (Å²) in [6, 6.07) is -0.880. The molecular weight excluding hydrogens is 288 g/mol. The Kier molecular flexibility index (Phi) is 5.11. The predicted octanol–water partition coefficient (Wildman–Crippen LogP) is 2.47. The number of aromatic amines is 1. The second kappa shape index (κ2) is 6.29. The Morgan fingerprint density at radius 1 is 1.18 bits per heavy atom. The molecule has 0 unspecified atom stereocenters. The molecule has 4 N–H and O–H groups in total. The zero-order valence-corrected chi connectivity index (χ0v) is 13.8. The largest absolute Gasteiger partial charge is 0.494 e. The summed E-state index contributed by atoms with van der Waals surface area (Å²) in [5.74, 6) is -1.42. The highest BCUT2D eigenvalue weighted by molar-refractivity contribution is 6.05. The number of hydrogen-bond donors (Lipinski definition) is 4. The zero-order valence-electron chi connectivity index (χ0n) is 13.8. The highest BCUT2D eigenvalue weighted by atomic mass is 16.6. The number of aromatic hydroxyl groups is 2. The SMILES string of the molecule is Cc1c(O)[nH]c(O)c1C(=O)[C@@H](NC(=O)OC(C)(C)C)C(C)C. The van der Waals surface area contributed by atoms with Gasteiger partial charge in [-0.1, -0.05) is 13.8 Å². The van der Waals surface area contributed by atoms with E-state index in [2.05, 4.69) is 10.3 Å². The van der Waals surface area contributed by atoms with E-state index in [0.717, 1.165) is 0 Å². The van der Waals surface area contributed by atoms with Gasteiger partial charge < -0.3 is 20.3 Å². The van der Waals surface area contributed by atoms with E-state index >= 15 is 0 Å². The molecule has 0 saturated carbocycles. The van der Waals surface area contributed by atoms with E-state index in [-0.39, 0.29) is 22.9 Å². The third kappa shape index (κ3) is 4.16. The number of amides is 1. The fourth-order valence-electron chi connectivity index (χ4n) is 1.99. The van der Waals surface area contributed by atoms with Crippen molar-refractivity contribution in [1.29, 1.82) is 0 Å². The van der Waals surface area contributed by atoms with Gasteiger partial charge in [-0.05, 0) is 33.6 Å². The lowest BCUT2D eigenvalue weighted by Gasteiger charge is -2.25. The van der Waals surface area contributed by atoms with Gasteiger partial charge in [-0.25, -0.2) is 4.79 Å². The number of aromatic nitrogens is 1. The molecule has 124 valence electrons. The number of H-pyrrole nitrogens is 1. The Morgan fingerprint density at radius 3 is 2.09 bits per heavy atom. The second-order valence-corrected chi connectivity index (χ2v) is 6.55. The van der Waals surface area contributed by atoms with Crippen molar-refractivity contribution in [3.05, 3.63) is 11.1 Å². The molecule has 1 aromatic rings. The van der Waals surface area contributed by atoms with Crippen LogP contribution in [0.4, 0.5) is 4.79 Å². The number of Topliss-reactive ketones (excluding diaryl/α,β-unsaturated/α-hetero) is 1. The molecule has 0 aliphatic carbocycles. The summed E-state index contributed by atoms with van der Waals surface area (Å²) in [5.41, 5.74) is -0.481. The first kappa shape index (κ1) is 17.9. The molecule has 0 radical (unpaired) electrons. The standard InChI is InChI=1S/C15H24N2O5/c1-7(2)10(16-14(21)22-15(4,5)6)11(18)9-8(3)12(19)17-13(9)20/h7,10,17,19-20H,1-6H3,(H,16,21)/t10-/m0/s1. The Labute approximate surface area is 129 Å². The Hall–Kier alpha value is -2.18. The molecule has 0 bridgehead atoms. The number of alkyl carbamates (subject to hydrolysis) is 1. The first-order valence-corrected chi connectivity index (χ1v) is 7.08. The highest BCUT2D eigenvalue weighted by Crippen LogP contribution is 2.30. The van der Waals surface area contributed by atoms with Gasteiger partial charge in [0.1, 0.15) is 5.60 Å². The number of carbonyl (C=O) groups is 2. The van der Waals surface area contributed by atoms with E-state index in [1.54, 1.807) is 34.6 Å². The van der Waals surface area contributed by atoms with E-state index in [9.17, 15) is 19.8 Å². The topological polar surface area (TPSA) is 112 Å². The van der Waals surface area contributed by atoms with Crippen molar-refractivity contribution in [2.75, 3.05) is 0 Å². The van der Waals surface area contributed by atoms with Crippen LogP contribution < -0.4 is 5.32 Å². The lowest BCUT2D eigenvalue weighted by molar-refractivity contribution is 0.0475. The summed E-state index contributed by atoms with van der Waals surface area (Å²) >= 11 is 0. The molecule has 1 atom stereocenters. The summed E-state index contributed by atoms with van der Waals surface area (Å²) in [6.07, 6.45) is -0.712. The van der Waals surface area contributed by atoms with Crippen molar-refractivity contribution in [3.8, 4) is 11.8 Å². The van der Waals surface area contributed by atoms with Crippen LogP contribution in [0, 0.1) is 12.8 Å². The smallest absolute Gasteiger partial charge is 0.408 e. The maximum absolute atomic E-state index is 12.6. The van der Waals surface area contributed by atoms with Crippen LogP contribution in [-0.2, 0) is 4.74 Å². The van der Waals surface area contributed by atoms with Gasteiger partial charge >= 0.3 is 6.09 Å². The van der Waals surface area contributed by atoms with Gasteiger partial charge in [0.2, 0.25) is 5.88 Å². The molecule has 0 fully saturated rings. The van der Waals surface area contributed by atoms with Crippen LogP contribution >= 0.6 is 0 Å². The lowest BCUT2D eigenvalue weighted by Crippen LogP contribution is -2.46. The molecule has 0 saturated heterocycles. The minimum Gasteiger partial charge on any atom is -0.494 e. The molecule has 0 aromatic carbocycles. The van der Waals surface area contributed by atoms with E-state index in [0.29, 0.717) is 0 Å². The van der Waals surface area contributed by atoms with E-state index in [1.807, 2.05) is 0 Å². The maximum Gasteiger partial charge on any atom is 0.408 e. The van der Waals surface area contributed by atoms with E-state index in [4.69, 9.17) is 4.74 Å². The highest BCUT2D eigenvalue weighted by Gasteiger charge is 2.32. The summed E-state index contributed by atoms with van der Waals surface area (Å²) in [5, 5.41) is 21.8. The van der Waals surface area contributed by atoms with Crippen LogP contribution in [0.3, 0.4) is 0 Å². The number of hydrogen-bond acceptors (Lipinski definition) is 5. The third-order valence-electron chi connectivity index (χ3n) is 3.07. The van der Waals surface area contributed by atoms with Crippen LogP contribution in [0.25, 0.3) is 0 Å². The average Bonchev–Trinajstić information content (AvgIpc) is 2.57. The maximum atomic E-state index is 12.6. The zero-order chi connectivity index (χ0) is 17.2. The summed E-state index contributed by atoms with van der Waals surface area (Å²) in [7, 11) is 0. The molecule has 0 aliphatic rings.